The Bertz CT molecular complexity index is 6820. The third kappa shape index (κ3) is 48.6. The Labute approximate surface area is 635 Å². The monoisotopic (exact) mass is 1380 g/mol. The van der Waals surface area contributed by atoms with Gasteiger partial charge in [0.05, 0.1) is 12.1 Å². The molecule has 1 heterocycles. The molecule has 108 heavy (non-hydrogen) atoms. The first-order valence-corrected chi connectivity index (χ1v) is 28.9. The topological polar surface area (TPSA) is 100 Å². The highest BCUT2D eigenvalue weighted by molar-refractivity contribution is 7.80. The Kier molecular flexibility index (Phi) is 50.2. The van der Waals surface area contributed by atoms with Gasteiger partial charge in [0.2, 0.25) is 0 Å². The zero-order valence-electron chi connectivity index (χ0n) is 55.8. The summed E-state index contributed by atoms with van der Waals surface area (Å²) >= 11 is 5.41. The predicted octanol–water partition coefficient (Wildman–Crippen LogP) is 6.11. The summed E-state index contributed by atoms with van der Waals surface area (Å²) in [6.45, 7) is 12.8. The number of halogens is 3. The maximum absolute atomic E-state index is 13.3. The molecule has 12 heteroatoms. The van der Waals surface area contributed by atoms with E-state index in [0.717, 1.165) is 23.5 Å². The molecule has 0 saturated carbocycles. The van der Waals surface area contributed by atoms with Crippen LogP contribution in [0, 0.1) is 468 Å². The number of carbonyl (C=O) groups is 1. The lowest BCUT2D eigenvalue weighted by Gasteiger charge is -2.29. The van der Waals surface area contributed by atoms with E-state index in [2.05, 4.69) is 465 Å². The third-order valence-electron chi connectivity index (χ3n) is 9.50. The molecule has 1 aliphatic heterocycles. The van der Waals surface area contributed by atoms with E-state index in [0.29, 0.717) is 25.9 Å². The molecule has 0 radical (unpaired) electrons. The summed E-state index contributed by atoms with van der Waals surface area (Å²) in [6.07, 6.45) is -2.60. The van der Waals surface area contributed by atoms with Gasteiger partial charge < -0.3 is 4.90 Å². The van der Waals surface area contributed by atoms with E-state index in [1.54, 1.807) is 31.7 Å². The van der Waals surface area contributed by atoms with Crippen LogP contribution in [0.4, 0.5) is 24.5 Å². The largest absolute Gasteiger partial charge is 0.407 e. The van der Waals surface area contributed by atoms with Crippen molar-refractivity contribution in [1.82, 2.24) is 4.90 Å². The highest BCUT2D eigenvalue weighted by Crippen LogP contribution is 2.41. The zero-order chi connectivity index (χ0) is 78.3. The van der Waals surface area contributed by atoms with Crippen molar-refractivity contribution in [2.75, 3.05) is 18.0 Å². The number of benzene rings is 1. The second-order valence-corrected chi connectivity index (χ2v) is 17.1. The Morgan fingerprint density at radius 1 is 0.407 bits per heavy atom. The SMILES string of the molecule is CC#CC#CC#CC#CC#CC#CC#CC#CC#CC#CC#CC#CC#CC#CC#CC#CC#CC#CC#CC#CC#CC#CC#CC#CC#CC#CC#CC#CC#CC#CC#CC#CC#CC#CC#CC#CC#CC#CC#N.[C-]#[N+]c1ccc(N2C(=O)C(C)(C)N(CCCCCN=[N+]=[N-])C2=S)cc1C(F)(F)F. The molecule has 0 spiro atoms. The van der Waals surface area contributed by atoms with Crippen molar-refractivity contribution in [2.45, 2.75) is 51.7 Å². The molecule has 0 unspecified atom stereocenters. The number of nitrogens with zero attached hydrogens (tertiary/aromatic N) is 7. The van der Waals surface area contributed by atoms with Gasteiger partial charge in [-0.1, -0.05) is 23.5 Å². The van der Waals surface area contributed by atoms with E-state index in [4.69, 9.17) is 29.6 Å². The molecular formula is C96H22F3N7OS. The molecule has 8 nitrogen and oxygen atoms in total. The molecule has 1 aromatic carbocycles. The van der Waals surface area contributed by atoms with Gasteiger partial charge in [0.15, 0.2) is 16.9 Å². The van der Waals surface area contributed by atoms with E-state index >= 15 is 0 Å². The summed E-state index contributed by atoms with van der Waals surface area (Å²) in [5.74, 6) is 189. The van der Waals surface area contributed by atoms with Gasteiger partial charge in [-0.05, 0) is 111 Å². The molecule has 1 amide bonds. The van der Waals surface area contributed by atoms with Crippen LogP contribution in [0.5, 0.6) is 0 Å². The van der Waals surface area contributed by atoms with Gasteiger partial charge in [0.25, 0.3) is 5.91 Å². The second-order valence-electron chi connectivity index (χ2n) is 16.7. The molecular weight excluding hydrogens is 1360 g/mol. The number of amides is 1. The first-order chi connectivity index (χ1) is 53.0. The van der Waals surface area contributed by atoms with Crippen molar-refractivity contribution in [2.24, 2.45) is 5.11 Å². The Morgan fingerprint density at radius 3 is 0.843 bits per heavy atom. The molecule has 1 aliphatic rings. The van der Waals surface area contributed by atoms with Crippen molar-refractivity contribution in [3.8, 4) is 456 Å². The number of hydrogen-bond donors (Lipinski definition) is 0. The molecule has 0 atom stereocenters. The maximum atomic E-state index is 13.3. The first-order valence-electron chi connectivity index (χ1n) is 28.5. The number of rotatable bonds is 7. The van der Waals surface area contributed by atoms with Crippen molar-refractivity contribution >= 4 is 34.6 Å². The van der Waals surface area contributed by atoms with Crippen molar-refractivity contribution in [3.05, 3.63) is 45.6 Å². The van der Waals surface area contributed by atoms with Crippen LogP contribution in [-0.2, 0) is 11.0 Å². The van der Waals surface area contributed by atoms with E-state index in [1.807, 2.05) is 0 Å². The van der Waals surface area contributed by atoms with Gasteiger partial charge in [0.1, 0.15) is 5.54 Å². The van der Waals surface area contributed by atoms with Crippen LogP contribution >= 0.6 is 12.2 Å². The van der Waals surface area contributed by atoms with Crippen molar-refractivity contribution < 1.29 is 18.0 Å². The fraction of sp³-hybridized carbons (Fsp3) is 0.104. The molecule has 0 N–H and O–H groups in total. The van der Waals surface area contributed by atoms with Gasteiger partial charge in [-0.15, -0.1) is 0 Å². The number of hydrogen-bond acceptors (Lipinski definition) is 4. The summed E-state index contributed by atoms with van der Waals surface area (Å²) in [5, 5.41) is 11.8. The molecule has 2 rings (SSSR count). The number of azide groups is 1. The van der Waals surface area contributed by atoms with Crippen LogP contribution in [-0.4, -0.2) is 34.5 Å². The van der Waals surface area contributed by atoms with Crippen LogP contribution in [0.2, 0.25) is 0 Å². The molecule has 1 aromatic rings. The van der Waals surface area contributed by atoms with E-state index in [1.165, 1.54) is 6.07 Å². The van der Waals surface area contributed by atoms with Gasteiger partial charge in [0, 0.05) is 420 Å². The Balaban J connectivity index is 0.00000166. The highest BCUT2D eigenvalue weighted by Gasteiger charge is 2.49. The molecule has 1 saturated heterocycles. The average Bonchev–Trinajstić information content (AvgIpc) is 1.60. The quantitative estimate of drug-likeness (QED) is 0.0627. The van der Waals surface area contributed by atoms with Gasteiger partial charge in [-0.25, -0.2) is 4.85 Å². The number of unbranched alkanes of at least 4 members (excludes halogenated alkanes) is 2. The van der Waals surface area contributed by atoms with Gasteiger partial charge in [-0.2, -0.15) is 18.4 Å². The number of nitriles is 1. The standard InChI is InChI=1S/C78H3N.C18H19F3N6OS/c1-2-3-4-5-6-7-8-9-10-11-12-13-14-15-16-17-18-19-20-21-22-23-24-25-26-27-28-29-30-31-32-33-34-35-36-37-38-39-40-41-42-43-44-45-46-47-48-49-50-51-52-53-54-55-56-57-58-59-60-61-62-63-64-65-66-67-68-69-70-71-72-73-74-75-76-77-78-79;1-17(2)15(28)27(16(29)26(17)10-6-4-5-9-24-25-22)12-7-8-14(23-3)13(11-12)18(19,20)21/h1H3;7-8,11H,4-6,9-10H2,1-2H3. The zero-order valence-corrected chi connectivity index (χ0v) is 56.7. The lowest BCUT2D eigenvalue weighted by Crippen LogP contribution is -2.44. The van der Waals surface area contributed by atoms with E-state index in [9.17, 15) is 18.0 Å². The van der Waals surface area contributed by atoms with E-state index in [-0.39, 0.29) is 10.8 Å². The smallest absolute Gasteiger partial charge is 0.334 e. The summed E-state index contributed by atoms with van der Waals surface area (Å²) in [7, 11) is 0. The number of alkyl halides is 3. The summed E-state index contributed by atoms with van der Waals surface area (Å²) in [4.78, 5) is 21.3. The Morgan fingerprint density at radius 2 is 0.639 bits per heavy atom. The lowest BCUT2D eigenvalue weighted by molar-refractivity contribution is -0.136. The average molecular weight is 1380 g/mol. The fourth-order valence-corrected chi connectivity index (χ4v) is 5.98. The van der Waals surface area contributed by atoms with Crippen molar-refractivity contribution in [3.63, 3.8) is 0 Å². The van der Waals surface area contributed by atoms with Crippen molar-refractivity contribution in [1.29, 1.82) is 5.26 Å². The fourth-order valence-electron chi connectivity index (χ4n) is 5.47. The minimum atomic E-state index is -4.72. The molecule has 0 bridgehead atoms. The maximum Gasteiger partial charge on any atom is 0.407 e. The van der Waals surface area contributed by atoms with Crippen LogP contribution in [0.1, 0.15) is 45.6 Å². The summed E-state index contributed by atoms with van der Waals surface area (Å²) in [6, 6.07) is 4.76. The summed E-state index contributed by atoms with van der Waals surface area (Å²) < 4.78 is 39.9. The minimum Gasteiger partial charge on any atom is -0.334 e. The Hall–Kier alpha value is -20.1. The molecule has 474 valence electrons. The first kappa shape index (κ1) is 86.0. The highest BCUT2D eigenvalue weighted by atomic mass is 32.1. The van der Waals surface area contributed by atoms with Crippen LogP contribution in [0.15, 0.2) is 23.3 Å². The molecule has 0 aliphatic carbocycles. The van der Waals surface area contributed by atoms with Crippen LogP contribution in [0.3, 0.4) is 0 Å². The second kappa shape index (κ2) is 63.0. The third-order valence-corrected chi connectivity index (χ3v) is 9.90. The van der Waals surface area contributed by atoms with Crippen LogP contribution in [0.25, 0.3) is 15.3 Å². The van der Waals surface area contributed by atoms with Crippen LogP contribution < -0.4 is 4.90 Å². The minimum absolute atomic E-state index is 0.0151. The number of thiocarbonyl (C=S) groups is 1. The normalized spacial score (nSPS) is 7.19. The molecule has 0 aromatic heterocycles. The predicted molar refractivity (Wildman–Crippen MR) is 413 cm³/mol. The molecule has 1 fully saturated rings. The van der Waals surface area contributed by atoms with Gasteiger partial charge in [-0.3, -0.25) is 9.69 Å². The van der Waals surface area contributed by atoms with Gasteiger partial charge >= 0.3 is 6.18 Å². The summed E-state index contributed by atoms with van der Waals surface area (Å²) in [5.41, 5.74) is 5.61. The lowest BCUT2D eigenvalue weighted by atomic mass is 10.0. The number of anilines is 1. The number of carbonyl (C=O) groups excluding carboxylic acids is 1. The van der Waals surface area contributed by atoms with E-state index < -0.39 is 28.9 Å².